The third kappa shape index (κ3) is 3.75. The molecular weight excluding hydrogens is 348 g/mol. The molecule has 0 radical (unpaired) electrons. The Morgan fingerprint density at radius 3 is 3.00 bits per heavy atom. The molecule has 0 saturated carbocycles. The smallest absolute Gasteiger partial charge is 0.288 e. The molecule has 3 aromatic rings. The van der Waals surface area contributed by atoms with Gasteiger partial charge in [0.05, 0.1) is 11.6 Å². The summed E-state index contributed by atoms with van der Waals surface area (Å²) in [6, 6.07) is 8.20. The molecule has 0 saturated heterocycles. The van der Waals surface area contributed by atoms with Crippen LogP contribution in [0.5, 0.6) is 0 Å². The Balaban J connectivity index is 1.79. The van der Waals surface area contributed by atoms with Gasteiger partial charge in [0.2, 0.25) is 5.89 Å². The second-order valence-electron chi connectivity index (χ2n) is 5.27. The topological polar surface area (TPSA) is 77.3 Å². The number of nitro groups is 1. The minimum atomic E-state index is -0.455. The van der Waals surface area contributed by atoms with E-state index in [-0.39, 0.29) is 16.4 Å². The molecule has 9 heteroatoms. The van der Waals surface area contributed by atoms with Crippen molar-refractivity contribution in [2.45, 2.75) is 13.2 Å². The number of hydrogen-bond donors (Lipinski definition) is 0. The van der Waals surface area contributed by atoms with Crippen LogP contribution in [0.4, 0.5) is 5.69 Å². The molecule has 24 heavy (non-hydrogen) atoms. The van der Waals surface area contributed by atoms with E-state index in [2.05, 4.69) is 21.4 Å². The molecule has 3 rings (SSSR count). The summed E-state index contributed by atoms with van der Waals surface area (Å²) in [6.07, 6.45) is 0. The van der Waals surface area contributed by atoms with Crippen LogP contribution in [0.2, 0.25) is 0 Å². The van der Waals surface area contributed by atoms with Crippen molar-refractivity contribution in [3.8, 4) is 11.5 Å². The molecule has 0 aliphatic carbocycles. The average molecular weight is 362 g/mol. The quantitative estimate of drug-likeness (QED) is 0.376. The fraction of sp³-hybridized carbons (Fsp3) is 0.200. The molecule has 0 N–H and O–H groups in total. The Morgan fingerprint density at radius 2 is 2.29 bits per heavy atom. The lowest BCUT2D eigenvalue weighted by atomic mass is 10.2. The molecule has 2 heterocycles. The first-order valence-electron chi connectivity index (χ1n) is 7.05. The van der Waals surface area contributed by atoms with E-state index in [0.29, 0.717) is 12.2 Å². The van der Waals surface area contributed by atoms with Crippen molar-refractivity contribution in [2.24, 2.45) is 0 Å². The van der Waals surface area contributed by atoms with Gasteiger partial charge in [-0.2, -0.15) is 11.3 Å². The third-order valence-electron chi connectivity index (χ3n) is 3.32. The summed E-state index contributed by atoms with van der Waals surface area (Å²) in [6.45, 7) is 1.23. The number of nitro benzene ring substituents is 1. The number of nitrogens with zero attached hydrogens (tertiary/aromatic N) is 4. The second-order valence-corrected chi connectivity index (χ2v) is 6.40. The minimum absolute atomic E-state index is 0.0160. The van der Waals surface area contributed by atoms with Crippen LogP contribution in [-0.4, -0.2) is 26.7 Å². The maximum atomic E-state index is 10.9. The molecule has 0 bridgehead atoms. The SMILES string of the molecule is CN(Cc1ccsc1)Cn1nc(-c2cccc([N+](=O)[O-])c2)oc1=S. The molecule has 0 atom stereocenters. The van der Waals surface area contributed by atoms with E-state index in [4.69, 9.17) is 16.6 Å². The van der Waals surface area contributed by atoms with Gasteiger partial charge < -0.3 is 4.42 Å². The standard InChI is InChI=1S/C15H14N4O3S2/c1-17(8-11-5-6-24-9-11)10-18-15(23)22-14(16-18)12-3-2-4-13(7-12)19(20)21/h2-7,9H,8,10H2,1H3. The number of aromatic nitrogens is 2. The second kappa shape index (κ2) is 7.04. The fourth-order valence-electron chi connectivity index (χ4n) is 2.24. The van der Waals surface area contributed by atoms with Crippen LogP contribution in [0.15, 0.2) is 45.5 Å². The number of hydrogen-bond acceptors (Lipinski definition) is 7. The predicted molar refractivity (Wildman–Crippen MR) is 93.2 cm³/mol. The number of non-ortho nitro benzene ring substituents is 1. The Morgan fingerprint density at radius 1 is 1.46 bits per heavy atom. The van der Waals surface area contributed by atoms with Crippen molar-refractivity contribution in [3.05, 3.63) is 61.6 Å². The van der Waals surface area contributed by atoms with E-state index >= 15 is 0 Å². The van der Waals surface area contributed by atoms with E-state index in [1.165, 1.54) is 17.7 Å². The van der Waals surface area contributed by atoms with Gasteiger partial charge in [-0.05, 0) is 47.7 Å². The predicted octanol–water partition coefficient (Wildman–Crippen LogP) is 3.93. The first-order valence-corrected chi connectivity index (χ1v) is 8.40. The number of thiophene rings is 1. The average Bonchev–Trinajstić information content (AvgIpc) is 3.18. The highest BCUT2D eigenvalue weighted by molar-refractivity contribution is 7.71. The van der Waals surface area contributed by atoms with Crippen molar-refractivity contribution in [1.29, 1.82) is 0 Å². The van der Waals surface area contributed by atoms with Crippen LogP contribution >= 0.6 is 23.6 Å². The molecule has 0 spiro atoms. The van der Waals surface area contributed by atoms with Gasteiger partial charge in [-0.15, -0.1) is 5.10 Å². The van der Waals surface area contributed by atoms with Gasteiger partial charge in [-0.3, -0.25) is 15.0 Å². The van der Waals surface area contributed by atoms with Crippen LogP contribution in [0, 0.1) is 15.0 Å². The molecule has 0 aliphatic rings. The van der Waals surface area contributed by atoms with E-state index < -0.39 is 4.92 Å². The molecule has 1 aromatic carbocycles. The maximum absolute atomic E-state index is 10.9. The third-order valence-corrected chi connectivity index (χ3v) is 4.34. The Bertz CT molecular complexity index is 902. The van der Waals surface area contributed by atoms with Gasteiger partial charge in [0.15, 0.2) is 0 Å². The highest BCUT2D eigenvalue weighted by atomic mass is 32.1. The molecule has 124 valence electrons. The van der Waals surface area contributed by atoms with Crippen molar-refractivity contribution >= 4 is 29.2 Å². The van der Waals surface area contributed by atoms with Gasteiger partial charge in [0, 0.05) is 24.2 Å². The monoisotopic (exact) mass is 362 g/mol. The van der Waals surface area contributed by atoms with E-state index in [9.17, 15) is 10.1 Å². The summed E-state index contributed by atoms with van der Waals surface area (Å²) in [7, 11) is 1.96. The van der Waals surface area contributed by atoms with Gasteiger partial charge in [0.25, 0.3) is 10.5 Å². The number of benzene rings is 1. The highest BCUT2D eigenvalue weighted by Crippen LogP contribution is 2.22. The van der Waals surface area contributed by atoms with Gasteiger partial charge in [0.1, 0.15) is 0 Å². The van der Waals surface area contributed by atoms with Gasteiger partial charge in [-0.25, -0.2) is 4.68 Å². The summed E-state index contributed by atoms with van der Waals surface area (Å²) < 4.78 is 7.06. The van der Waals surface area contributed by atoms with E-state index in [1.54, 1.807) is 28.2 Å². The summed E-state index contributed by atoms with van der Waals surface area (Å²) in [5.41, 5.74) is 1.73. The summed E-state index contributed by atoms with van der Waals surface area (Å²) >= 11 is 6.85. The zero-order valence-electron chi connectivity index (χ0n) is 12.8. The minimum Gasteiger partial charge on any atom is -0.409 e. The summed E-state index contributed by atoms with van der Waals surface area (Å²) in [5.74, 6) is 0.271. The first-order chi connectivity index (χ1) is 11.5. The zero-order valence-corrected chi connectivity index (χ0v) is 14.4. The first kappa shape index (κ1) is 16.5. The highest BCUT2D eigenvalue weighted by Gasteiger charge is 2.13. The molecule has 0 unspecified atom stereocenters. The van der Waals surface area contributed by atoms with Crippen LogP contribution in [-0.2, 0) is 13.2 Å². The van der Waals surface area contributed by atoms with Crippen LogP contribution in [0.1, 0.15) is 5.56 Å². The Hall–Kier alpha value is -2.36. The van der Waals surface area contributed by atoms with E-state index in [0.717, 1.165) is 6.54 Å². The van der Waals surface area contributed by atoms with Crippen molar-refractivity contribution in [1.82, 2.24) is 14.7 Å². The number of rotatable bonds is 6. The normalized spacial score (nSPS) is 11.1. The Labute approximate surface area is 146 Å². The van der Waals surface area contributed by atoms with Crippen molar-refractivity contribution in [2.75, 3.05) is 7.05 Å². The Kier molecular flexibility index (Phi) is 4.84. The van der Waals surface area contributed by atoms with E-state index in [1.807, 2.05) is 12.4 Å². The van der Waals surface area contributed by atoms with Gasteiger partial charge in [-0.1, -0.05) is 6.07 Å². The fourth-order valence-corrected chi connectivity index (χ4v) is 3.08. The molecule has 0 fully saturated rings. The zero-order chi connectivity index (χ0) is 17.1. The van der Waals surface area contributed by atoms with Crippen LogP contribution in [0.3, 0.4) is 0 Å². The lowest BCUT2D eigenvalue weighted by molar-refractivity contribution is -0.384. The van der Waals surface area contributed by atoms with Crippen LogP contribution < -0.4 is 0 Å². The lowest BCUT2D eigenvalue weighted by Crippen LogP contribution is -2.22. The summed E-state index contributed by atoms with van der Waals surface area (Å²) in [5, 5.41) is 19.3. The van der Waals surface area contributed by atoms with Crippen LogP contribution in [0.25, 0.3) is 11.5 Å². The molecule has 0 aliphatic heterocycles. The largest absolute Gasteiger partial charge is 0.409 e. The maximum Gasteiger partial charge on any atom is 0.288 e. The molecule has 7 nitrogen and oxygen atoms in total. The molecule has 2 aromatic heterocycles. The van der Waals surface area contributed by atoms with Crippen molar-refractivity contribution in [3.63, 3.8) is 0 Å². The molecule has 0 amide bonds. The van der Waals surface area contributed by atoms with Crippen molar-refractivity contribution < 1.29 is 9.34 Å². The molecular formula is C15H14N4O3S2. The summed E-state index contributed by atoms with van der Waals surface area (Å²) in [4.78, 5) is 12.7. The van der Waals surface area contributed by atoms with Gasteiger partial charge >= 0.3 is 0 Å². The lowest BCUT2D eigenvalue weighted by Gasteiger charge is -2.14.